The van der Waals surface area contributed by atoms with E-state index in [0.29, 0.717) is 13.2 Å². The third kappa shape index (κ3) is 3.86. The monoisotopic (exact) mass is 267 g/mol. The molecule has 1 aromatic carbocycles. The molecular weight excluding hydrogens is 246 g/mol. The van der Waals surface area contributed by atoms with Crippen molar-refractivity contribution in [3.05, 3.63) is 23.8 Å². The van der Waals surface area contributed by atoms with E-state index < -0.39 is 0 Å². The van der Waals surface area contributed by atoms with E-state index in [9.17, 15) is 15.0 Å². The minimum absolute atomic E-state index is 0.0319. The lowest BCUT2D eigenvalue weighted by molar-refractivity contribution is 0.0610. The third-order valence-electron chi connectivity index (χ3n) is 3.13. The molecule has 5 nitrogen and oxygen atoms in total. The maximum absolute atomic E-state index is 12.4. The molecule has 0 saturated carbocycles. The van der Waals surface area contributed by atoms with Crippen molar-refractivity contribution in [3.8, 4) is 11.5 Å². The van der Waals surface area contributed by atoms with E-state index in [-0.39, 0.29) is 29.0 Å². The largest absolute Gasteiger partial charge is 0.508 e. The Kier molecular flexibility index (Phi) is 5.63. The molecule has 0 aliphatic rings. The first-order valence-corrected chi connectivity index (χ1v) is 6.33. The van der Waals surface area contributed by atoms with Crippen LogP contribution in [-0.4, -0.2) is 47.3 Å². The molecule has 0 spiro atoms. The van der Waals surface area contributed by atoms with Crippen molar-refractivity contribution in [2.75, 3.05) is 20.3 Å². The molecule has 1 unspecified atom stereocenters. The number of phenols is 2. The molecule has 0 fully saturated rings. The number of hydrogen-bond donors (Lipinski definition) is 2. The summed E-state index contributed by atoms with van der Waals surface area (Å²) < 4.78 is 5.00. The minimum atomic E-state index is -0.306. The summed E-state index contributed by atoms with van der Waals surface area (Å²) >= 11 is 0. The summed E-state index contributed by atoms with van der Waals surface area (Å²) in [7, 11) is 1.57. The first-order chi connectivity index (χ1) is 9.01. The zero-order valence-electron chi connectivity index (χ0n) is 11.6. The van der Waals surface area contributed by atoms with E-state index >= 15 is 0 Å². The van der Waals surface area contributed by atoms with Crippen LogP contribution < -0.4 is 0 Å². The van der Waals surface area contributed by atoms with Gasteiger partial charge in [-0.3, -0.25) is 4.79 Å². The van der Waals surface area contributed by atoms with Gasteiger partial charge in [0.25, 0.3) is 5.91 Å². The summed E-state index contributed by atoms with van der Waals surface area (Å²) in [6.45, 7) is 4.79. The number of phenolic OH excluding ortho intramolecular Hbond substituents is 2. The Bertz CT molecular complexity index is 433. The Morgan fingerprint density at radius 3 is 2.68 bits per heavy atom. The fraction of sp³-hybridized carbons (Fsp3) is 0.500. The summed E-state index contributed by atoms with van der Waals surface area (Å²) in [4.78, 5) is 14.1. The molecule has 106 valence electrons. The molecular formula is C14H21NO4. The number of nitrogens with zero attached hydrogens (tertiary/aromatic N) is 1. The Labute approximate surface area is 113 Å². The molecule has 1 amide bonds. The van der Waals surface area contributed by atoms with Gasteiger partial charge in [-0.25, -0.2) is 0 Å². The maximum atomic E-state index is 12.4. The summed E-state index contributed by atoms with van der Waals surface area (Å²) in [5, 5.41) is 19.2. The highest BCUT2D eigenvalue weighted by molar-refractivity contribution is 5.97. The predicted molar refractivity (Wildman–Crippen MR) is 72.4 cm³/mol. The van der Waals surface area contributed by atoms with Crippen molar-refractivity contribution in [2.45, 2.75) is 26.3 Å². The molecule has 0 aliphatic heterocycles. The van der Waals surface area contributed by atoms with Gasteiger partial charge in [0.05, 0.1) is 12.2 Å². The second kappa shape index (κ2) is 6.99. The van der Waals surface area contributed by atoms with Gasteiger partial charge in [-0.2, -0.15) is 0 Å². The summed E-state index contributed by atoms with van der Waals surface area (Å²) in [5.74, 6) is -0.481. The van der Waals surface area contributed by atoms with E-state index in [1.54, 1.807) is 12.0 Å². The molecule has 1 rings (SSSR count). The van der Waals surface area contributed by atoms with Crippen LogP contribution in [0.4, 0.5) is 0 Å². The smallest absolute Gasteiger partial charge is 0.258 e. The normalized spacial score (nSPS) is 12.2. The number of hydrogen-bond acceptors (Lipinski definition) is 4. The fourth-order valence-electron chi connectivity index (χ4n) is 1.78. The number of benzene rings is 1. The standard InChI is InChI=1S/C14H21NO4/c1-4-10(2)15(7-8-19-3)14(18)12-9-11(16)5-6-13(12)17/h5-6,9-10,16-17H,4,7-8H2,1-3H3. The predicted octanol–water partition coefficient (Wildman–Crippen LogP) is 1.98. The second-order valence-corrected chi connectivity index (χ2v) is 4.45. The van der Waals surface area contributed by atoms with Crippen LogP contribution in [0.3, 0.4) is 0 Å². The van der Waals surface area contributed by atoms with E-state index in [1.165, 1.54) is 18.2 Å². The van der Waals surface area contributed by atoms with Crippen molar-refractivity contribution in [3.63, 3.8) is 0 Å². The molecule has 0 aromatic heterocycles. The molecule has 1 atom stereocenters. The maximum Gasteiger partial charge on any atom is 0.258 e. The summed E-state index contributed by atoms with van der Waals surface area (Å²) in [5.41, 5.74) is 0.108. The zero-order chi connectivity index (χ0) is 14.4. The van der Waals surface area contributed by atoms with E-state index in [0.717, 1.165) is 6.42 Å². The Hall–Kier alpha value is -1.75. The number of methoxy groups -OCH3 is 1. The van der Waals surface area contributed by atoms with Crippen molar-refractivity contribution in [1.82, 2.24) is 4.90 Å². The van der Waals surface area contributed by atoms with E-state index in [1.807, 2.05) is 13.8 Å². The van der Waals surface area contributed by atoms with E-state index in [4.69, 9.17) is 4.74 Å². The molecule has 0 saturated heterocycles. The van der Waals surface area contributed by atoms with Gasteiger partial charge in [-0.1, -0.05) is 6.92 Å². The highest BCUT2D eigenvalue weighted by Crippen LogP contribution is 2.24. The first kappa shape index (κ1) is 15.3. The zero-order valence-corrected chi connectivity index (χ0v) is 11.6. The average Bonchev–Trinajstić information content (AvgIpc) is 2.41. The fourth-order valence-corrected chi connectivity index (χ4v) is 1.78. The average molecular weight is 267 g/mol. The minimum Gasteiger partial charge on any atom is -0.508 e. The van der Waals surface area contributed by atoms with Crippen LogP contribution in [0, 0.1) is 0 Å². The lowest BCUT2D eigenvalue weighted by Crippen LogP contribution is -2.40. The number of amides is 1. The van der Waals surface area contributed by atoms with Gasteiger partial charge in [-0.05, 0) is 31.5 Å². The second-order valence-electron chi connectivity index (χ2n) is 4.45. The number of ether oxygens (including phenoxy) is 1. The third-order valence-corrected chi connectivity index (χ3v) is 3.13. The number of carbonyl (C=O) groups is 1. The summed E-state index contributed by atoms with van der Waals surface area (Å²) in [6, 6.07) is 3.96. The Balaban J connectivity index is 3.00. The van der Waals surface area contributed by atoms with Crippen LogP contribution in [-0.2, 0) is 4.74 Å². The van der Waals surface area contributed by atoms with Gasteiger partial charge < -0.3 is 19.8 Å². The first-order valence-electron chi connectivity index (χ1n) is 6.33. The quantitative estimate of drug-likeness (QED) is 0.773. The number of aromatic hydroxyl groups is 2. The lowest BCUT2D eigenvalue weighted by atomic mass is 10.1. The molecule has 2 N–H and O–H groups in total. The number of carbonyl (C=O) groups excluding carboxylic acids is 1. The van der Waals surface area contributed by atoms with Crippen LogP contribution in [0.1, 0.15) is 30.6 Å². The lowest BCUT2D eigenvalue weighted by Gasteiger charge is -2.28. The van der Waals surface area contributed by atoms with Crippen LogP contribution in [0.25, 0.3) is 0 Å². The van der Waals surface area contributed by atoms with Crippen molar-refractivity contribution >= 4 is 5.91 Å². The van der Waals surface area contributed by atoms with Crippen LogP contribution in [0.2, 0.25) is 0 Å². The van der Waals surface area contributed by atoms with Gasteiger partial charge >= 0.3 is 0 Å². The van der Waals surface area contributed by atoms with Gasteiger partial charge in [0.1, 0.15) is 11.5 Å². The molecule has 0 aliphatic carbocycles. The Morgan fingerprint density at radius 1 is 1.42 bits per heavy atom. The van der Waals surface area contributed by atoms with Gasteiger partial charge in [0.2, 0.25) is 0 Å². The molecule has 0 bridgehead atoms. The molecule has 0 radical (unpaired) electrons. The van der Waals surface area contributed by atoms with Gasteiger partial charge in [0, 0.05) is 19.7 Å². The van der Waals surface area contributed by atoms with Gasteiger partial charge in [-0.15, -0.1) is 0 Å². The van der Waals surface area contributed by atoms with E-state index in [2.05, 4.69) is 0 Å². The SMILES string of the molecule is CCC(C)N(CCOC)C(=O)c1cc(O)ccc1O. The molecule has 5 heteroatoms. The highest BCUT2D eigenvalue weighted by Gasteiger charge is 2.22. The van der Waals surface area contributed by atoms with Crippen molar-refractivity contribution in [1.29, 1.82) is 0 Å². The van der Waals surface area contributed by atoms with Gasteiger partial charge in [0.15, 0.2) is 0 Å². The van der Waals surface area contributed by atoms with Crippen molar-refractivity contribution < 1.29 is 19.7 Å². The van der Waals surface area contributed by atoms with Crippen LogP contribution in [0.15, 0.2) is 18.2 Å². The topological polar surface area (TPSA) is 70.0 Å². The van der Waals surface area contributed by atoms with Crippen LogP contribution >= 0.6 is 0 Å². The molecule has 0 heterocycles. The summed E-state index contributed by atoms with van der Waals surface area (Å²) in [6.07, 6.45) is 0.801. The number of rotatable bonds is 6. The molecule has 19 heavy (non-hydrogen) atoms. The Morgan fingerprint density at radius 2 is 2.11 bits per heavy atom. The van der Waals surface area contributed by atoms with Crippen molar-refractivity contribution in [2.24, 2.45) is 0 Å². The molecule has 1 aromatic rings. The van der Waals surface area contributed by atoms with Crippen LogP contribution in [0.5, 0.6) is 11.5 Å². The highest BCUT2D eigenvalue weighted by atomic mass is 16.5.